The van der Waals surface area contributed by atoms with E-state index in [4.69, 9.17) is 11.6 Å². The fourth-order valence-electron chi connectivity index (χ4n) is 1.26. The van der Waals surface area contributed by atoms with Crippen molar-refractivity contribution in [1.82, 2.24) is 24.8 Å². The van der Waals surface area contributed by atoms with Gasteiger partial charge >= 0.3 is 0 Å². The molecule has 0 aliphatic carbocycles. The van der Waals surface area contributed by atoms with E-state index in [1.54, 1.807) is 12.5 Å². The molecule has 0 aromatic carbocycles. The van der Waals surface area contributed by atoms with E-state index in [0.717, 1.165) is 0 Å². The van der Waals surface area contributed by atoms with Crippen molar-refractivity contribution in [2.45, 2.75) is 6.54 Å². The molecule has 17 heavy (non-hydrogen) atoms. The SMILES string of the molecule is O=C(NCCn1ccnc1)c1cncc(Cl)n1. The van der Waals surface area contributed by atoms with Gasteiger partial charge in [0.2, 0.25) is 0 Å². The highest BCUT2D eigenvalue weighted by Gasteiger charge is 2.07. The molecule has 7 heteroatoms. The number of halogens is 1. The molecule has 1 N–H and O–H groups in total. The Morgan fingerprint density at radius 2 is 2.29 bits per heavy atom. The zero-order valence-corrected chi connectivity index (χ0v) is 9.63. The predicted octanol–water partition coefficient (Wildman–Crippen LogP) is 0.756. The van der Waals surface area contributed by atoms with Gasteiger partial charge in [-0.2, -0.15) is 0 Å². The molecule has 0 unspecified atom stereocenters. The Morgan fingerprint density at radius 3 is 3.00 bits per heavy atom. The molecule has 2 heterocycles. The quantitative estimate of drug-likeness (QED) is 0.871. The molecule has 88 valence electrons. The largest absolute Gasteiger partial charge is 0.349 e. The molecule has 0 aliphatic rings. The summed E-state index contributed by atoms with van der Waals surface area (Å²) in [6, 6.07) is 0. The maximum Gasteiger partial charge on any atom is 0.271 e. The van der Waals surface area contributed by atoms with Crippen LogP contribution < -0.4 is 5.32 Å². The van der Waals surface area contributed by atoms with Crippen molar-refractivity contribution < 1.29 is 4.79 Å². The zero-order chi connectivity index (χ0) is 12.1. The molecule has 2 aromatic rings. The molecule has 2 aromatic heterocycles. The number of nitrogens with zero attached hydrogens (tertiary/aromatic N) is 4. The molecule has 0 saturated carbocycles. The van der Waals surface area contributed by atoms with Gasteiger partial charge in [0, 0.05) is 25.5 Å². The van der Waals surface area contributed by atoms with Crippen molar-refractivity contribution >= 4 is 17.5 Å². The van der Waals surface area contributed by atoms with Crippen molar-refractivity contribution in [2.24, 2.45) is 0 Å². The van der Waals surface area contributed by atoms with E-state index in [2.05, 4.69) is 20.3 Å². The van der Waals surface area contributed by atoms with E-state index in [1.807, 2.05) is 10.8 Å². The van der Waals surface area contributed by atoms with Crippen LogP contribution in [0.15, 0.2) is 31.1 Å². The number of rotatable bonds is 4. The van der Waals surface area contributed by atoms with Crippen LogP contribution in [-0.4, -0.2) is 32.0 Å². The van der Waals surface area contributed by atoms with E-state index >= 15 is 0 Å². The second-order valence-electron chi connectivity index (χ2n) is 3.28. The topological polar surface area (TPSA) is 72.7 Å². The number of hydrogen-bond donors (Lipinski definition) is 1. The van der Waals surface area contributed by atoms with Crippen LogP contribution in [0.3, 0.4) is 0 Å². The number of nitrogens with one attached hydrogen (secondary N) is 1. The van der Waals surface area contributed by atoms with Gasteiger partial charge in [-0.1, -0.05) is 11.6 Å². The molecular formula is C10H10ClN5O. The van der Waals surface area contributed by atoms with Crippen molar-refractivity contribution in [1.29, 1.82) is 0 Å². The van der Waals surface area contributed by atoms with Crippen LogP contribution in [0.5, 0.6) is 0 Å². The van der Waals surface area contributed by atoms with Crippen molar-refractivity contribution in [3.8, 4) is 0 Å². The Hall–Kier alpha value is -1.95. The highest BCUT2D eigenvalue weighted by molar-refractivity contribution is 6.29. The average molecular weight is 252 g/mol. The fourth-order valence-corrected chi connectivity index (χ4v) is 1.41. The van der Waals surface area contributed by atoms with Crippen molar-refractivity contribution in [3.63, 3.8) is 0 Å². The Bertz CT molecular complexity index is 499. The van der Waals surface area contributed by atoms with Gasteiger partial charge in [0.25, 0.3) is 5.91 Å². The monoisotopic (exact) mass is 251 g/mol. The van der Waals surface area contributed by atoms with Gasteiger partial charge in [0.1, 0.15) is 10.8 Å². The molecule has 0 radical (unpaired) electrons. The maximum atomic E-state index is 11.6. The van der Waals surface area contributed by atoms with Crippen LogP contribution >= 0.6 is 11.6 Å². The first-order valence-corrected chi connectivity index (χ1v) is 5.35. The standard InChI is InChI=1S/C10H10ClN5O/c11-9-6-13-5-8(15-9)10(17)14-2-4-16-3-1-12-7-16/h1,3,5-7H,2,4H2,(H,14,17). The molecule has 0 saturated heterocycles. The zero-order valence-electron chi connectivity index (χ0n) is 8.88. The third-order valence-electron chi connectivity index (χ3n) is 2.05. The Balaban J connectivity index is 1.85. The second kappa shape index (κ2) is 5.40. The lowest BCUT2D eigenvalue weighted by Gasteiger charge is -2.04. The van der Waals surface area contributed by atoms with E-state index in [-0.39, 0.29) is 16.8 Å². The number of imidazole rings is 1. The second-order valence-corrected chi connectivity index (χ2v) is 3.67. The molecule has 0 atom stereocenters. The molecular weight excluding hydrogens is 242 g/mol. The minimum atomic E-state index is -0.292. The first kappa shape index (κ1) is 11.5. The highest BCUT2D eigenvalue weighted by Crippen LogP contribution is 2.01. The van der Waals surface area contributed by atoms with Crippen molar-refractivity contribution in [2.75, 3.05) is 6.54 Å². The summed E-state index contributed by atoms with van der Waals surface area (Å²) in [5.74, 6) is -0.292. The molecule has 6 nitrogen and oxygen atoms in total. The van der Waals surface area contributed by atoms with E-state index in [0.29, 0.717) is 13.1 Å². The molecule has 0 aliphatic heterocycles. The van der Waals surface area contributed by atoms with Crippen LogP contribution in [0.2, 0.25) is 5.15 Å². The Morgan fingerprint density at radius 1 is 1.41 bits per heavy atom. The number of carbonyl (C=O) groups is 1. The number of aromatic nitrogens is 4. The van der Waals surface area contributed by atoms with Gasteiger partial charge in [0.05, 0.1) is 18.7 Å². The summed E-state index contributed by atoms with van der Waals surface area (Å²) in [6.07, 6.45) is 7.95. The summed E-state index contributed by atoms with van der Waals surface area (Å²) >= 11 is 5.64. The summed E-state index contributed by atoms with van der Waals surface area (Å²) in [5.41, 5.74) is 0.211. The van der Waals surface area contributed by atoms with Crippen LogP contribution in [0.4, 0.5) is 0 Å². The lowest BCUT2D eigenvalue weighted by Crippen LogP contribution is -2.27. The molecule has 1 amide bonds. The number of carbonyl (C=O) groups excluding carboxylic acids is 1. The van der Waals surface area contributed by atoms with Gasteiger partial charge < -0.3 is 9.88 Å². The molecule has 0 fully saturated rings. The van der Waals surface area contributed by atoms with Gasteiger partial charge in [-0.05, 0) is 0 Å². The van der Waals surface area contributed by atoms with E-state index < -0.39 is 0 Å². The number of amides is 1. The van der Waals surface area contributed by atoms with Crippen LogP contribution in [0, 0.1) is 0 Å². The first-order valence-electron chi connectivity index (χ1n) is 4.97. The lowest BCUT2D eigenvalue weighted by atomic mass is 10.4. The van der Waals surface area contributed by atoms with Gasteiger partial charge in [0.15, 0.2) is 0 Å². The van der Waals surface area contributed by atoms with Crippen LogP contribution in [0.1, 0.15) is 10.5 Å². The summed E-state index contributed by atoms with van der Waals surface area (Å²) in [4.78, 5) is 23.2. The fraction of sp³-hybridized carbons (Fsp3) is 0.200. The smallest absolute Gasteiger partial charge is 0.271 e. The first-order chi connectivity index (χ1) is 8.25. The van der Waals surface area contributed by atoms with Crippen LogP contribution in [-0.2, 0) is 6.54 Å². The summed E-state index contributed by atoms with van der Waals surface area (Å²) in [6.45, 7) is 1.14. The summed E-state index contributed by atoms with van der Waals surface area (Å²) in [5, 5.41) is 2.92. The molecule has 0 bridgehead atoms. The number of hydrogen-bond acceptors (Lipinski definition) is 4. The highest BCUT2D eigenvalue weighted by atomic mass is 35.5. The molecule has 2 rings (SSSR count). The van der Waals surface area contributed by atoms with Gasteiger partial charge in [-0.25, -0.2) is 9.97 Å². The Kier molecular flexibility index (Phi) is 3.66. The van der Waals surface area contributed by atoms with E-state index in [9.17, 15) is 4.79 Å². The lowest BCUT2D eigenvalue weighted by molar-refractivity contribution is 0.0947. The van der Waals surface area contributed by atoms with Gasteiger partial charge in [-0.15, -0.1) is 0 Å². The molecule has 0 spiro atoms. The minimum absolute atomic E-state index is 0.201. The van der Waals surface area contributed by atoms with Crippen LogP contribution in [0.25, 0.3) is 0 Å². The predicted molar refractivity (Wildman–Crippen MR) is 61.6 cm³/mol. The summed E-state index contributed by atoms with van der Waals surface area (Å²) in [7, 11) is 0. The summed E-state index contributed by atoms with van der Waals surface area (Å²) < 4.78 is 1.87. The normalized spacial score (nSPS) is 10.2. The Labute approximate surface area is 103 Å². The minimum Gasteiger partial charge on any atom is -0.349 e. The third-order valence-corrected chi connectivity index (χ3v) is 2.23. The maximum absolute atomic E-state index is 11.6. The van der Waals surface area contributed by atoms with Crippen molar-refractivity contribution in [3.05, 3.63) is 42.0 Å². The third kappa shape index (κ3) is 3.25. The van der Waals surface area contributed by atoms with Gasteiger partial charge in [-0.3, -0.25) is 9.78 Å². The average Bonchev–Trinajstić information content (AvgIpc) is 2.82. The van der Waals surface area contributed by atoms with E-state index in [1.165, 1.54) is 12.4 Å².